The second kappa shape index (κ2) is 12.7. The molecule has 2 saturated heterocycles. The van der Waals surface area contributed by atoms with Crippen LogP contribution < -0.4 is 0 Å². The molecule has 0 bridgehead atoms. The molecule has 0 amide bonds. The molecule has 4 aliphatic rings. The SMILES string of the molecule is CC(C)[C@@H]1CC[C@@H](C)C[C@H]1OC(=O)/C=C1\ON2[C@H](CC[C@]2(C)c2ccccc2)[C@@H]1C(=O)O[C@@H]1C[C@H](C)CC[C@H]1C(C)C. The zero-order chi connectivity index (χ0) is 30.2. The van der Waals surface area contributed by atoms with E-state index in [-0.39, 0.29) is 24.2 Å². The van der Waals surface area contributed by atoms with Crippen LogP contribution in [0.3, 0.4) is 0 Å². The van der Waals surface area contributed by atoms with E-state index in [4.69, 9.17) is 14.3 Å². The van der Waals surface area contributed by atoms with Gasteiger partial charge in [-0.3, -0.25) is 4.79 Å². The maximum Gasteiger partial charge on any atom is 0.334 e. The molecular weight excluding hydrogens is 526 g/mol. The Kier molecular flexibility index (Phi) is 9.42. The highest BCUT2D eigenvalue weighted by Crippen LogP contribution is 2.51. The lowest BCUT2D eigenvalue weighted by molar-refractivity contribution is -0.164. The molecule has 9 atom stereocenters. The smallest absolute Gasteiger partial charge is 0.334 e. The molecule has 0 spiro atoms. The van der Waals surface area contributed by atoms with Gasteiger partial charge in [0.1, 0.15) is 23.9 Å². The van der Waals surface area contributed by atoms with Crippen LogP contribution in [0.4, 0.5) is 0 Å². The van der Waals surface area contributed by atoms with E-state index in [1.54, 1.807) is 0 Å². The van der Waals surface area contributed by atoms with Crippen molar-refractivity contribution in [3.05, 3.63) is 47.7 Å². The molecule has 2 aliphatic heterocycles. The molecule has 1 aromatic rings. The van der Waals surface area contributed by atoms with Crippen LogP contribution in [0.15, 0.2) is 42.2 Å². The first-order valence-corrected chi connectivity index (χ1v) is 16.6. The van der Waals surface area contributed by atoms with Gasteiger partial charge < -0.3 is 14.3 Å². The van der Waals surface area contributed by atoms with Crippen molar-refractivity contribution in [2.45, 2.75) is 124 Å². The standard InChI is InChI=1S/C36H53NO5/c1-22(2)27-15-13-24(5)19-30(27)40-33(38)21-32-34(35(39)41-31-20-25(6)14-16-28(31)23(3)4)29-17-18-36(7,37(29)42-32)26-11-9-8-10-12-26/h8-12,21-25,27-31,34H,13-20H2,1-7H3/b32-21-/t24-,25-,27+,28+,29-,30-,31-,34+,36-/m1/s1. The first-order valence-electron chi connectivity index (χ1n) is 16.6. The van der Waals surface area contributed by atoms with Gasteiger partial charge in [0.15, 0.2) is 0 Å². The van der Waals surface area contributed by atoms with E-state index < -0.39 is 17.4 Å². The molecule has 6 heteroatoms. The average Bonchev–Trinajstić information content (AvgIpc) is 3.45. The number of hydrogen-bond acceptors (Lipinski definition) is 6. The summed E-state index contributed by atoms with van der Waals surface area (Å²) in [4.78, 5) is 34.1. The highest BCUT2D eigenvalue weighted by Gasteiger charge is 2.58. The van der Waals surface area contributed by atoms with Crippen LogP contribution >= 0.6 is 0 Å². The minimum Gasteiger partial charge on any atom is -0.461 e. The Morgan fingerprint density at radius 3 is 2.02 bits per heavy atom. The van der Waals surface area contributed by atoms with E-state index in [2.05, 4.69) is 60.6 Å². The molecule has 6 nitrogen and oxygen atoms in total. The summed E-state index contributed by atoms with van der Waals surface area (Å²) in [5.74, 6) is 1.66. The minimum absolute atomic E-state index is 0.110. The molecule has 5 rings (SSSR count). The predicted octanol–water partition coefficient (Wildman–Crippen LogP) is 7.82. The van der Waals surface area contributed by atoms with Gasteiger partial charge in [-0.25, -0.2) is 4.79 Å². The van der Waals surface area contributed by atoms with E-state index in [1.807, 2.05) is 23.3 Å². The Bertz CT molecular complexity index is 1130. The van der Waals surface area contributed by atoms with Crippen LogP contribution in [0.2, 0.25) is 0 Å². The van der Waals surface area contributed by atoms with E-state index in [0.717, 1.165) is 44.1 Å². The van der Waals surface area contributed by atoms with Crippen molar-refractivity contribution in [1.82, 2.24) is 5.06 Å². The zero-order valence-corrected chi connectivity index (χ0v) is 26.9. The molecule has 2 heterocycles. The number of ether oxygens (including phenoxy) is 2. The molecule has 232 valence electrons. The molecular formula is C36H53NO5. The molecule has 42 heavy (non-hydrogen) atoms. The molecule has 1 aromatic carbocycles. The number of esters is 2. The number of benzene rings is 1. The number of hydrogen-bond donors (Lipinski definition) is 0. The third-order valence-corrected chi connectivity index (χ3v) is 11.0. The zero-order valence-electron chi connectivity index (χ0n) is 26.9. The largest absolute Gasteiger partial charge is 0.461 e. The monoisotopic (exact) mass is 579 g/mol. The van der Waals surface area contributed by atoms with Crippen LogP contribution in [0.1, 0.15) is 105 Å². The van der Waals surface area contributed by atoms with Crippen molar-refractivity contribution >= 4 is 11.9 Å². The van der Waals surface area contributed by atoms with E-state index in [1.165, 1.54) is 18.9 Å². The summed E-state index contributed by atoms with van der Waals surface area (Å²) < 4.78 is 12.5. The predicted molar refractivity (Wildman–Crippen MR) is 164 cm³/mol. The van der Waals surface area contributed by atoms with Crippen LogP contribution in [0.25, 0.3) is 0 Å². The van der Waals surface area contributed by atoms with Crippen LogP contribution in [0, 0.1) is 41.4 Å². The van der Waals surface area contributed by atoms with Crippen molar-refractivity contribution in [1.29, 1.82) is 0 Å². The number of nitrogens with zero attached hydrogens (tertiary/aromatic N) is 1. The topological polar surface area (TPSA) is 65.1 Å². The van der Waals surface area contributed by atoms with Gasteiger partial charge in [-0.2, -0.15) is 0 Å². The minimum atomic E-state index is -0.653. The Morgan fingerprint density at radius 1 is 0.881 bits per heavy atom. The normalized spacial score (nSPS) is 38.0. The van der Waals surface area contributed by atoms with Gasteiger partial charge >= 0.3 is 11.9 Å². The Balaban J connectivity index is 1.42. The van der Waals surface area contributed by atoms with Gasteiger partial charge in [0, 0.05) is 0 Å². The second-order valence-electron chi connectivity index (χ2n) is 14.8. The molecule has 2 aliphatic carbocycles. The summed E-state index contributed by atoms with van der Waals surface area (Å²) in [6.45, 7) is 15.5. The van der Waals surface area contributed by atoms with Crippen molar-refractivity contribution in [3.8, 4) is 0 Å². The first kappa shape index (κ1) is 31.1. The molecule has 0 radical (unpaired) electrons. The summed E-state index contributed by atoms with van der Waals surface area (Å²) in [5.41, 5.74) is 0.728. The van der Waals surface area contributed by atoms with Crippen LogP contribution in [-0.2, 0) is 29.4 Å². The summed E-state index contributed by atoms with van der Waals surface area (Å²) in [5, 5.41) is 1.97. The first-order chi connectivity index (χ1) is 20.0. The lowest BCUT2D eigenvalue weighted by Crippen LogP contribution is -2.42. The van der Waals surface area contributed by atoms with E-state index in [9.17, 15) is 9.59 Å². The van der Waals surface area contributed by atoms with Crippen molar-refractivity contribution < 1.29 is 23.9 Å². The van der Waals surface area contributed by atoms with Gasteiger partial charge in [-0.05, 0) is 86.5 Å². The quantitative estimate of drug-likeness (QED) is 0.242. The van der Waals surface area contributed by atoms with Gasteiger partial charge in [0.2, 0.25) is 0 Å². The molecule has 0 N–H and O–H groups in total. The Labute approximate surface area is 253 Å². The summed E-state index contributed by atoms with van der Waals surface area (Å²) in [6, 6.07) is 10.1. The highest BCUT2D eigenvalue weighted by atomic mass is 16.7. The van der Waals surface area contributed by atoms with Crippen molar-refractivity contribution in [3.63, 3.8) is 0 Å². The third kappa shape index (κ3) is 6.30. The van der Waals surface area contributed by atoms with Gasteiger partial charge in [-0.15, -0.1) is 5.06 Å². The van der Waals surface area contributed by atoms with Gasteiger partial charge in [0.05, 0.1) is 17.7 Å². The second-order valence-corrected chi connectivity index (χ2v) is 14.8. The Hall–Kier alpha value is -2.34. The molecule has 0 aromatic heterocycles. The maximum atomic E-state index is 14.1. The number of fused-ring (bicyclic) bond motifs is 1. The van der Waals surface area contributed by atoms with E-state index in [0.29, 0.717) is 41.3 Å². The number of hydroxylamine groups is 2. The third-order valence-electron chi connectivity index (χ3n) is 11.0. The van der Waals surface area contributed by atoms with E-state index >= 15 is 0 Å². The number of rotatable bonds is 7. The van der Waals surface area contributed by atoms with Crippen molar-refractivity contribution in [2.75, 3.05) is 0 Å². The maximum absolute atomic E-state index is 14.1. The van der Waals surface area contributed by atoms with Crippen LogP contribution in [0.5, 0.6) is 0 Å². The fourth-order valence-corrected chi connectivity index (χ4v) is 8.33. The van der Waals surface area contributed by atoms with Crippen molar-refractivity contribution in [2.24, 2.45) is 41.4 Å². The summed E-state index contributed by atoms with van der Waals surface area (Å²) in [7, 11) is 0. The fourth-order valence-electron chi connectivity index (χ4n) is 8.33. The summed E-state index contributed by atoms with van der Waals surface area (Å²) >= 11 is 0. The molecule has 4 fully saturated rings. The van der Waals surface area contributed by atoms with Crippen LogP contribution in [-0.4, -0.2) is 35.3 Å². The highest BCUT2D eigenvalue weighted by molar-refractivity contribution is 5.85. The summed E-state index contributed by atoms with van der Waals surface area (Å²) in [6.07, 6.45) is 9.11. The fraction of sp³-hybridized carbons (Fsp3) is 0.722. The van der Waals surface area contributed by atoms with Gasteiger partial charge in [-0.1, -0.05) is 84.7 Å². The lowest BCUT2D eigenvalue weighted by atomic mass is 9.75. The Morgan fingerprint density at radius 2 is 1.45 bits per heavy atom. The lowest BCUT2D eigenvalue weighted by Gasteiger charge is -2.37. The molecule has 2 saturated carbocycles. The molecule has 0 unspecified atom stereocenters. The average molecular weight is 580 g/mol. The number of carbonyl (C=O) groups excluding carboxylic acids is 2. The van der Waals surface area contributed by atoms with Gasteiger partial charge in [0.25, 0.3) is 0 Å². The number of carbonyl (C=O) groups is 2.